The minimum Gasteiger partial charge on any atom is -0.462 e. The summed E-state index contributed by atoms with van der Waals surface area (Å²) >= 11 is 0. The molecule has 0 radical (unpaired) electrons. The number of unbranched alkanes of at least 4 members (excludes halogenated alkanes) is 42. The largest absolute Gasteiger partial charge is 0.472 e. The highest BCUT2D eigenvalue weighted by molar-refractivity contribution is 7.47. The molecule has 0 spiro atoms. The summed E-state index contributed by atoms with van der Waals surface area (Å²) in [5.41, 5.74) is 0. The van der Waals surface area contributed by atoms with E-state index in [4.69, 9.17) is 37.0 Å². The molecule has 0 aliphatic carbocycles. The van der Waals surface area contributed by atoms with Crippen molar-refractivity contribution in [2.75, 3.05) is 39.6 Å². The van der Waals surface area contributed by atoms with Gasteiger partial charge in [-0.2, -0.15) is 0 Å². The molecular weight excluding hydrogens is 1220 g/mol. The summed E-state index contributed by atoms with van der Waals surface area (Å²) in [6.07, 6.45) is 52.5. The molecule has 0 aromatic carbocycles. The number of hydrogen-bond acceptors (Lipinski definition) is 15. The highest BCUT2D eigenvalue weighted by Crippen LogP contribution is 2.45. The topological polar surface area (TPSA) is 237 Å². The molecule has 0 aromatic heterocycles. The van der Waals surface area contributed by atoms with E-state index in [2.05, 4.69) is 41.5 Å². The van der Waals surface area contributed by atoms with Crippen LogP contribution in [-0.4, -0.2) is 96.7 Å². The van der Waals surface area contributed by atoms with E-state index in [0.717, 1.165) is 102 Å². The molecule has 17 nitrogen and oxygen atoms in total. The number of aliphatic hydroxyl groups is 1. The first-order valence-corrected chi connectivity index (χ1v) is 41.5. The van der Waals surface area contributed by atoms with Crippen LogP contribution in [-0.2, 0) is 65.4 Å². The minimum atomic E-state index is -4.95. The molecule has 93 heavy (non-hydrogen) atoms. The van der Waals surface area contributed by atoms with Crippen LogP contribution in [0.5, 0.6) is 0 Å². The van der Waals surface area contributed by atoms with Crippen molar-refractivity contribution in [3.63, 3.8) is 0 Å². The second-order valence-electron chi connectivity index (χ2n) is 27.4. The summed E-state index contributed by atoms with van der Waals surface area (Å²) in [5.74, 6) is -0.544. The monoisotopic (exact) mass is 1370 g/mol. The van der Waals surface area contributed by atoms with E-state index >= 15 is 0 Å². The zero-order valence-corrected chi connectivity index (χ0v) is 62.3. The summed E-state index contributed by atoms with van der Waals surface area (Å²) in [7, 11) is -9.91. The fourth-order valence-corrected chi connectivity index (χ4v) is 12.8. The highest BCUT2D eigenvalue weighted by Gasteiger charge is 2.30. The van der Waals surface area contributed by atoms with Crippen LogP contribution in [0, 0.1) is 11.8 Å². The van der Waals surface area contributed by atoms with Crippen molar-refractivity contribution < 1.29 is 80.2 Å². The number of esters is 4. The minimum absolute atomic E-state index is 0.107. The quantitative estimate of drug-likeness (QED) is 0.0222. The number of hydrogen-bond donors (Lipinski definition) is 3. The Morgan fingerprint density at radius 1 is 0.312 bits per heavy atom. The number of phosphoric ester groups is 2. The van der Waals surface area contributed by atoms with Gasteiger partial charge in [0.05, 0.1) is 26.4 Å². The second-order valence-corrected chi connectivity index (χ2v) is 30.3. The molecule has 0 saturated carbocycles. The fraction of sp³-hybridized carbons (Fsp3) is 0.946. The Morgan fingerprint density at radius 2 is 0.548 bits per heavy atom. The van der Waals surface area contributed by atoms with Gasteiger partial charge >= 0.3 is 39.5 Å². The molecule has 552 valence electrons. The third-order valence-corrected chi connectivity index (χ3v) is 19.5. The molecule has 0 heterocycles. The Labute approximate surface area is 568 Å². The van der Waals surface area contributed by atoms with Crippen molar-refractivity contribution in [1.29, 1.82) is 0 Å². The number of ether oxygens (including phenoxy) is 4. The van der Waals surface area contributed by atoms with Crippen molar-refractivity contribution in [3.05, 3.63) is 0 Å². The van der Waals surface area contributed by atoms with Crippen molar-refractivity contribution in [2.24, 2.45) is 11.8 Å². The Morgan fingerprint density at radius 3 is 0.817 bits per heavy atom. The first-order valence-electron chi connectivity index (χ1n) is 38.5. The molecule has 0 aromatic rings. The Hall–Kier alpha value is -1.94. The normalized spacial score (nSPS) is 14.3. The molecule has 0 aliphatic heterocycles. The van der Waals surface area contributed by atoms with Gasteiger partial charge in [0.15, 0.2) is 12.2 Å². The number of rotatable bonds is 73. The Bertz CT molecular complexity index is 1810. The van der Waals surface area contributed by atoms with Crippen LogP contribution in [0.4, 0.5) is 0 Å². The average Bonchev–Trinajstić information content (AvgIpc) is 1.95. The predicted octanol–water partition coefficient (Wildman–Crippen LogP) is 21.6. The smallest absolute Gasteiger partial charge is 0.462 e. The maximum absolute atomic E-state index is 13.1. The van der Waals surface area contributed by atoms with E-state index in [-0.39, 0.29) is 25.7 Å². The third kappa shape index (κ3) is 67.0. The Kier molecular flexibility index (Phi) is 64.6. The highest BCUT2D eigenvalue weighted by atomic mass is 31.2. The molecular formula is C74H144O17P2. The molecule has 0 saturated heterocycles. The average molecular weight is 1370 g/mol. The zero-order valence-electron chi connectivity index (χ0n) is 60.6. The van der Waals surface area contributed by atoms with Gasteiger partial charge in [-0.05, 0) is 37.5 Å². The van der Waals surface area contributed by atoms with Crippen LogP contribution in [0.2, 0.25) is 0 Å². The molecule has 19 heteroatoms. The molecule has 0 fully saturated rings. The first-order chi connectivity index (χ1) is 44.9. The van der Waals surface area contributed by atoms with Gasteiger partial charge in [0.25, 0.3) is 0 Å². The maximum atomic E-state index is 13.1. The van der Waals surface area contributed by atoms with Gasteiger partial charge in [-0.3, -0.25) is 37.3 Å². The lowest BCUT2D eigenvalue weighted by atomic mass is 9.99. The molecule has 0 aliphatic rings. The molecule has 3 N–H and O–H groups in total. The summed E-state index contributed by atoms with van der Waals surface area (Å²) < 4.78 is 68.4. The molecule has 0 amide bonds. The molecule has 0 bridgehead atoms. The molecule has 0 rings (SSSR count). The summed E-state index contributed by atoms with van der Waals surface area (Å²) in [6.45, 7) is 9.60. The number of carbonyl (C=O) groups is 4. The number of phosphoric acid groups is 2. The summed E-state index contributed by atoms with van der Waals surface area (Å²) in [6, 6.07) is 0. The molecule has 6 atom stereocenters. The van der Waals surface area contributed by atoms with Gasteiger partial charge in [-0.25, -0.2) is 9.13 Å². The van der Waals surface area contributed by atoms with E-state index in [1.165, 1.54) is 199 Å². The van der Waals surface area contributed by atoms with Crippen molar-refractivity contribution in [1.82, 2.24) is 0 Å². The van der Waals surface area contributed by atoms with E-state index in [1.54, 1.807) is 0 Å². The van der Waals surface area contributed by atoms with Crippen LogP contribution in [0.3, 0.4) is 0 Å². The van der Waals surface area contributed by atoms with E-state index in [9.17, 15) is 43.2 Å². The van der Waals surface area contributed by atoms with E-state index in [1.807, 2.05) is 0 Å². The van der Waals surface area contributed by atoms with Gasteiger partial charge in [0.2, 0.25) is 0 Å². The number of aliphatic hydroxyl groups excluding tert-OH is 1. The van der Waals surface area contributed by atoms with Gasteiger partial charge < -0.3 is 33.8 Å². The lowest BCUT2D eigenvalue weighted by Crippen LogP contribution is -2.30. The van der Waals surface area contributed by atoms with Gasteiger partial charge in [0.1, 0.15) is 19.3 Å². The lowest BCUT2D eigenvalue weighted by Gasteiger charge is -2.21. The maximum Gasteiger partial charge on any atom is 0.472 e. The van der Waals surface area contributed by atoms with Gasteiger partial charge in [-0.1, -0.05) is 330 Å². The van der Waals surface area contributed by atoms with Crippen LogP contribution in [0.1, 0.15) is 382 Å². The van der Waals surface area contributed by atoms with Crippen molar-refractivity contribution >= 4 is 39.5 Å². The van der Waals surface area contributed by atoms with Crippen molar-refractivity contribution in [2.45, 2.75) is 400 Å². The second kappa shape index (κ2) is 66.0. The summed E-state index contributed by atoms with van der Waals surface area (Å²) in [5, 5.41) is 10.6. The van der Waals surface area contributed by atoms with E-state index in [0.29, 0.717) is 25.7 Å². The van der Waals surface area contributed by atoms with Crippen LogP contribution >= 0.6 is 15.6 Å². The Balaban J connectivity index is 5.24. The SMILES string of the molecule is CCCCCCCCCCCCCCC(=O)OC[C@H](COP(=O)(O)OC[C@@H](O)COP(=O)(O)OC[C@@H](COC(=O)CCCCCCCCCCC(C)C)OC(=O)CCCCCCCCCCCCCC)OC(=O)CCCCCCCCCCCCCCCCC(C)CC. The van der Waals surface area contributed by atoms with Gasteiger partial charge in [-0.15, -0.1) is 0 Å². The summed E-state index contributed by atoms with van der Waals surface area (Å²) in [4.78, 5) is 72.7. The standard InChI is InChI=1S/C74H144O17P2/c1-7-10-12-14-16-18-20-27-31-38-44-50-56-71(76)84-62-69(90-74(79)59-53-47-41-33-29-25-23-22-24-26-30-37-43-49-55-67(6)9-3)64-88-92(80,81)86-60-68(75)61-87-93(82,83)89-65-70(63-85-72(77)57-51-45-39-35-34-36-42-48-54-66(4)5)91-73(78)58-52-46-40-32-28-21-19-17-15-13-11-8-2/h66-70,75H,7-65H2,1-6H3,(H,80,81)(H,82,83)/t67?,68-,69-,70-/m1/s1. The predicted molar refractivity (Wildman–Crippen MR) is 377 cm³/mol. The van der Waals surface area contributed by atoms with E-state index < -0.39 is 97.5 Å². The molecule has 3 unspecified atom stereocenters. The lowest BCUT2D eigenvalue weighted by molar-refractivity contribution is -0.161. The number of carbonyl (C=O) groups excluding carboxylic acids is 4. The first kappa shape index (κ1) is 91.1. The third-order valence-electron chi connectivity index (χ3n) is 17.6. The fourth-order valence-electron chi connectivity index (χ4n) is 11.3. The van der Waals surface area contributed by atoms with Crippen LogP contribution in [0.15, 0.2) is 0 Å². The van der Waals surface area contributed by atoms with Crippen LogP contribution < -0.4 is 0 Å². The van der Waals surface area contributed by atoms with Crippen LogP contribution in [0.25, 0.3) is 0 Å². The van der Waals surface area contributed by atoms with Gasteiger partial charge in [0, 0.05) is 25.7 Å². The zero-order chi connectivity index (χ0) is 68.6. The van der Waals surface area contributed by atoms with Crippen molar-refractivity contribution in [3.8, 4) is 0 Å².